The van der Waals surface area contributed by atoms with Gasteiger partial charge in [0.05, 0.1) is 11.0 Å². The van der Waals surface area contributed by atoms with E-state index in [0.717, 1.165) is 63.4 Å². The highest BCUT2D eigenvalue weighted by Crippen LogP contribution is 2.72. The smallest absolute Gasteiger partial charge is 0.309 e. The van der Waals surface area contributed by atoms with Gasteiger partial charge in [-0.3, -0.25) is 4.79 Å². The molecular formula is C20H30O3. The summed E-state index contributed by atoms with van der Waals surface area (Å²) in [5.74, 6) is 0.219. The number of carbonyl (C=O) groups is 1. The Balaban J connectivity index is 1.76. The highest BCUT2D eigenvalue weighted by Gasteiger charge is 2.67. The molecule has 0 aliphatic heterocycles. The van der Waals surface area contributed by atoms with Gasteiger partial charge >= 0.3 is 5.97 Å². The molecule has 23 heavy (non-hydrogen) atoms. The van der Waals surface area contributed by atoms with Gasteiger partial charge in [-0.05, 0) is 86.5 Å². The van der Waals surface area contributed by atoms with Crippen molar-refractivity contribution >= 4 is 5.97 Å². The molecule has 3 heteroatoms. The first kappa shape index (κ1) is 15.7. The molecule has 0 heterocycles. The summed E-state index contributed by atoms with van der Waals surface area (Å²) in [7, 11) is 0. The molecule has 0 aromatic rings. The number of hydrogen-bond donors (Lipinski definition) is 2. The van der Waals surface area contributed by atoms with E-state index in [2.05, 4.69) is 13.5 Å². The zero-order valence-electron chi connectivity index (χ0n) is 14.5. The fourth-order valence-electron chi connectivity index (χ4n) is 7.61. The molecule has 4 saturated carbocycles. The van der Waals surface area contributed by atoms with Crippen molar-refractivity contribution in [2.45, 2.75) is 77.2 Å². The Morgan fingerprint density at radius 1 is 1.13 bits per heavy atom. The Morgan fingerprint density at radius 2 is 1.83 bits per heavy atom. The van der Waals surface area contributed by atoms with Gasteiger partial charge in [0.25, 0.3) is 0 Å². The van der Waals surface area contributed by atoms with Crippen LogP contribution in [0.1, 0.15) is 71.6 Å². The van der Waals surface area contributed by atoms with E-state index in [1.165, 1.54) is 0 Å². The first-order chi connectivity index (χ1) is 10.7. The van der Waals surface area contributed by atoms with Crippen molar-refractivity contribution in [1.82, 2.24) is 0 Å². The lowest BCUT2D eigenvalue weighted by atomic mass is 9.41. The van der Waals surface area contributed by atoms with Crippen LogP contribution in [0, 0.1) is 28.1 Å². The Morgan fingerprint density at radius 3 is 2.52 bits per heavy atom. The van der Waals surface area contributed by atoms with Gasteiger partial charge in [-0.2, -0.15) is 0 Å². The number of carboxylic acid groups (broad SMARTS) is 1. The van der Waals surface area contributed by atoms with Gasteiger partial charge in [-0.25, -0.2) is 0 Å². The Labute approximate surface area is 139 Å². The van der Waals surface area contributed by atoms with Crippen LogP contribution in [-0.4, -0.2) is 21.8 Å². The van der Waals surface area contributed by atoms with E-state index in [1.807, 2.05) is 6.92 Å². The minimum atomic E-state index is -0.634. The molecule has 2 N–H and O–H groups in total. The van der Waals surface area contributed by atoms with Crippen LogP contribution in [0.25, 0.3) is 0 Å². The molecule has 1 spiro atoms. The van der Waals surface area contributed by atoms with Crippen LogP contribution in [0.2, 0.25) is 0 Å². The average Bonchev–Trinajstić information content (AvgIpc) is 2.63. The zero-order chi connectivity index (χ0) is 16.7. The van der Waals surface area contributed by atoms with Crippen molar-refractivity contribution in [2.75, 3.05) is 0 Å². The molecule has 0 unspecified atom stereocenters. The topological polar surface area (TPSA) is 57.5 Å². The summed E-state index contributed by atoms with van der Waals surface area (Å²) in [5.41, 5.74) is 0.128. The minimum absolute atomic E-state index is 0.107. The third kappa shape index (κ3) is 1.78. The summed E-state index contributed by atoms with van der Waals surface area (Å²) < 4.78 is 0. The number of hydrogen-bond acceptors (Lipinski definition) is 2. The van der Waals surface area contributed by atoms with Gasteiger partial charge in [0.1, 0.15) is 0 Å². The van der Waals surface area contributed by atoms with Gasteiger partial charge in [0.15, 0.2) is 0 Å². The number of rotatable bonds is 1. The molecule has 4 aliphatic carbocycles. The van der Waals surface area contributed by atoms with Gasteiger partial charge in [-0.1, -0.05) is 19.9 Å². The summed E-state index contributed by atoms with van der Waals surface area (Å²) in [6.07, 6.45) is 8.75. The Kier molecular flexibility index (Phi) is 3.01. The summed E-state index contributed by atoms with van der Waals surface area (Å²) in [5, 5.41) is 20.8. The maximum atomic E-state index is 12.0. The number of aliphatic carboxylic acids is 1. The standard InChI is InChI=1S/C20H30O3/c1-13-11-19-9-5-14-17(2,7-4-8-18(14,3)16(21)22)15(19)6-10-20(13,23)12-19/h14-15,23H,1,4-12H2,2-3H3,(H,21,22)/t14-,15-,17+,18+,19-,20-/m0/s1. The normalized spacial score (nSPS) is 55.2. The van der Waals surface area contributed by atoms with E-state index < -0.39 is 17.0 Å². The molecule has 4 fully saturated rings. The van der Waals surface area contributed by atoms with E-state index in [9.17, 15) is 15.0 Å². The second kappa shape index (κ2) is 4.41. The van der Waals surface area contributed by atoms with E-state index in [4.69, 9.17) is 0 Å². The second-order valence-electron chi connectivity index (χ2n) is 9.62. The molecule has 0 saturated heterocycles. The number of aliphatic hydroxyl groups is 1. The Bertz CT molecular complexity index is 583. The second-order valence-corrected chi connectivity index (χ2v) is 9.62. The van der Waals surface area contributed by atoms with Crippen molar-refractivity contribution in [2.24, 2.45) is 28.1 Å². The molecular weight excluding hydrogens is 288 g/mol. The SMILES string of the molecule is C=C1C[C@]23CC[C@H]4[C@@](C)(CCC[C@@]4(C)C(=O)O)[C@@H]2CC[C@]1(O)C3. The molecule has 4 aliphatic rings. The molecule has 0 aromatic heterocycles. The van der Waals surface area contributed by atoms with Crippen LogP contribution >= 0.6 is 0 Å². The molecule has 128 valence electrons. The Hall–Kier alpha value is -0.830. The first-order valence-electron chi connectivity index (χ1n) is 9.30. The van der Waals surface area contributed by atoms with Crippen molar-refractivity contribution in [3.05, 3.63) is 12.2 Å². The molecule has 0 aromatic carbocycles. The molecule has 2 bridgehead atoms. The van der Waals surface area contributed by atoms with Crippen LogP contribution < -0.4 is 0 Å². The zero-order valence-corrected chi connectivity index (χ0v) is 14.5. The quantitative estimate of drug-likeness (QED) is 0.714. The lowest BCUT2D eigenvalue weighted by molar-refractivity contribution is -0.186. The maximum absolute atomic E-state index is 12.0. The van der Waals surface area contributed by atoms with Crippen molar-refractivity contribution < 1.29 is 15.0 Å². The number of carboxylic acids is 1. The van der Waals surface area contributed by atoms with E-state index >= 15 is 0 Å². The fourth-order valence-corrected chi connectivity index (χ4v) is 7.61. The largest absolute Gasteiger partial charge is 0.481 e. The highest BCUT2D eigenvalue weighted by atomic mass is 16.4. The van der Waals surface area contributed by atoms with Gasteiger partial charge in [0, 0.05) is 0 Å². The minimum Gasteiger partial charge on any atom is -0.481 e. The molecule has 0 radical (unpaired) electrons. The predicted molar refractivity (Wildman–Crippen MR) is 88.9 cm³/mol. The highest BCUT2D eigenvalue weighted by molar-refractivity contribution is 5.75. The van der Waals surface area contributed by atoms with Gasteiger partial charge in [0.2, 0.25) is 0 Å². The van der Waals surface area contributed by atoms with Crippen molar-refractivity contribution in [1.29, 1.82) is 0 Å². The average molecular weight is 318 g/mol. The molecule has 3 nitrogen and oxygen atoms in total. The van der Waals surface area contributed by atoms with Crippen LogP contribution in [0.15, 0.2) is 12.2 Å². The number of fused-ring (bicyclic) bond motifs is 3. The van der Waals surface area contributed by atoms with Crippen LogP contribution in [0.5, 0.6) is 0 Å². The van der Waals surface area contributed by atoms with Crippen LogP contribution in [0.3, 0.4) is 0 Å². The van der Waals surface area contributed by atoms with E-state index in [0.29, 0.717) is 5.92 Å². The molecule has 6 atom stereocenters. The summed E-state index contributed by atoms with van der Waals surface area (Å²) >= 11 is 0. The summed E-state index contributed by atoms with van der Waals surface area (Å²) in [6, 6.07) is 0. The third-order valence-electron chi connectivity index (χ3n) is 8.65. The van der Waals surface area contributed by atoms with Gasteiger partial charge in [-0.15, -0.1) is 0 Å². The first-order valence-corrected chi connectivity index (χ1v) is 9.30. The lowest BCUT2D eigenvalue weighted by Gasteiger charge is -2.63. The van der Waals surface area contributed by atoms with Crippen molar-refractivity contribution in [3.63, 3.8) is 0 Å². The maximum Gasteiger partial charge on any atom is 0.309 e. The van der Waals surface area contributed by atoms with Crippen LogP contribution in [-0.2, 0) is 4.79 Å². The fraction of sp³-hybridized carbons (Fsp3) is 0.850. The summed E-state index contributed by atoms with van der Waals surface area (Å²) in [4.78, 5) is 12.0. The van der Waals surface area contributed by atoms with Crippen molar-refractivity contribution in [3.8, 4) is 0 Å². The monoisotopic (exact) mass is 318 g/mol. The van der Waals surface area contributed by atoms with Crippen LogP contribution in [0.4, 0.5) is 0 Å². The molecule has 4 rings (SSSR count). The van der Waals surface area contributed by atoms with Gasteiger partial charge < -0.3 is 10.2 Å². The summed E-state index contributed by atoms with van der Waals surface area (Å²) in [6.45, 7) is 8.55. The van der Waals surface area contributed by atoms with E-state index in [1.54, 1.807) is 0 Å². The predicted octanol–water partition coefficient (Wildman–Crippen LogP) is 4.16. The third-order valence-corrected chi connectivity index (χ3v) is 8.65. The van der Waals surface area contributed by atoms with E-state index in [-0.39, 0.29) is 16.7 Å². The lowest BCUT2D eigenvalue weighted by Crippen LogP contribution is -2.59. The molecule has 0 amide bonds.